The topological polar surface area (TPSA) is 60.5 Å². The molecule has 25 heavy (non-hydrogen) atoms. The van der Waals surface area contributed by atoms with Gasteiger partial charge in [0.2, 0.25) is 5.82 Å². The van der Waals surface area contributed by atoms with Crippen molar-refractivity contribution in [2.75, 3.05) is 0 Å². The molecule has 0 saturated carbocycles. The third kappa shape index (κ3) is 4.54. The lowest BCUT2D eigenvalue weighted by Gasteiger charge is -2.04. The molecular weight excluding hydrogens is 382 g/mol. The van der Waals surface area contributed by atoms with Crippen LogP contribution < -0.4 is 0 Å². The number of halogens is 1. The predicted octanol–water partition coefficient (Wildman–Crippen LogP) is 5.17. The molecule has 0 atom stereocenters. The van der Waals surface area contributed by atoms with Gasteiger partial charge in [-0.3, -0.25) is 0 Å². The van der Waals surface area contributed by atoms with Gasteiger partial charge >= 0.3 is 0 Å². The number of oxime groups is 1. The van der Waals surface area contributed by atoms with E-state index >= 15 is 0 Å². The fourth-order valence-electron chi connectivity index (χ4n) is 2.21. The van der Waals surface area contributed by atoms with Crippen LogP contribution in [0.2, 0.25) is 0 Å². The van der Waals surface area contributed by atoms with E-state index in [-0.39, 0.29) is 6.61 Å². The molecule has 0 N–H and O–H groups in total. The molecule has 5 nitrogen and oxygen atoms in total. The molecule has 0 aliphatic rings. The Kier molecular flexibility index (Phi) is 5.60. The fraction of sp³-hybridized carbons (Fsp3) is 0.211. The summed E-state index contributed by atoms with van der Waals surface area (Å²) in [5, 5.41) is 7.91. The number of rotatable bonds is 6. The highest BCUT2D eigenvalue weighted by atomic mass is 79.9. The maximum absolute atomic E-state index is 5.23. The Bertz CT molecular complexity index is 857. The minimum absolute atomic E-state index is 0.123. The van der Waals surface area contributed by atoms with Crippen molar-refractivity contribution < 1.29 is 9.36 Å². The molecule has 1 aromatic heterocycles. The first-order valence-electron chi connectivity index (χ1n) is 7.96. The predicted molar refractivity (Wildman–Crippen MR) is 100 cm³/mol. The van der Waals surface area contributed by atoms with E-state index in [1.807, 2.05) is 36.4 Å². The fourth-order valence-corrected chi connectivity index (χ4v) is 2.60. The summed E-state index contributed by atoms with van der Waals surface area (Å²) in [6.07, 6.45) is 1.63. The average Bonchev–Trinajstić information content (AvgIpc) is 3.09. The molecule has 0 unspecified atom stereocenters. The van der Waals surface area contributed by atoms with E-state index in [1.54, 1.807) is 6.21 Å². The Labute approximate surface area is 154 Å². The van der Waals surface area contributed by atoms with Crippen molar-refractivity contribution in [3.63, 3.8) is 0 Å². The van der Waals surface area contributed by atoms with Crippen LogP contribution in [-0.2, 0) is 11.4 Å². The average molecular weight is 400 g/mol. The third-order valence-corrected chi connectivity index (χ3v) is 4.39. The summed E-state index contributed by atoms with van der Waals surface area (Å²) >= 11 is 3.45. The molecule has 0 radical (unpaired) electrons. The lowest BCUT2D eigenvalue weighted by atomic mass is 10.0. The minimum atomic E-state index is 0.123. The maximum Gasteiger partial charge on any atom is 0.267 e. The molecule has 0 aliphatic heterocycles. The minimum Gasteiger partial charge on any atom is -0.386 e. The van der Waals surface area contributed by atoms with Crippen LogP contribution in [0.15, 0.2) is 62.7 Å². The van der Waals surface area contributed by atoms with Crippen molar-refractivity contribution in [2.45, 2.75) is 26.4 Å². The molecular formula is C19H18BrN3O2. The quantitative estimate of drug-likeness (QED) is 0.423. The zero-order chi connectivity index (χ0) is 17.6. The van der Waals surface area contributed by atoms with Crippen LogP contribution in [0.4, 0.5) is 0 Å². The molecule has 1 heterocycles. The Morgan fingerprint density at radius 1 is 1.16 bits per heavy atom. The summed E-state index contributed by atoms with van der Waals surface area (Å²) < 4.78 is 6.15. The summed E-state index contributed by atoms with van der Waals surface area (Å²) in [5.41, 5.74) is 3.12. The van der Waals surface area contributed by atoms with Crippen LogP contribution in [0.25, 0.3) is 11.4 Å². The van der Waals surface area contributed by atoms with Crippen molar-refractivity contribution >= 4 is 22.1 Å². The number of hydrogen-bond donors (Lipinski definition) is 0. The molecule has 6 heteroatoms. The number of hydrogen-bond acceptors (Lipinski definition) is 5. The van der Waals surface area contributed by atoms with Gasteiger partial charge in [0.15, 0.2) is 6.61 Å². The highest BCUT2D eigenvalue weighted by Gasteiger charge is 2.09. The SMILES string of the molecule is CC(C)c1ccc(-c2noc(CO/N=C\c3ccccc3Br)n2)cc1. The van der Waals surface area contributed by atoms with Crippen molar-refractivity contribution in [3.05, 3.63) is 70.0 Å². The van der Waals surface area contributed by atoms with E-state index in [0.29, 0.717) is 17.6 Å². The largest absolute Gasteiger partial charge is 0.386 e. The molecule has 0 fully saturated rings. The zero-order valence-electron chi connectivity index (χ0n) is 14.0. The van der Waals surface area contributed by atoms with Gasteiger partial charge in [0.1, 0.15) is 0 Å². The zero-order valence-corrected chi connectivity index (χ0v) is 15.6. The van der Waals surface area contributed by atoms with Crippen molar-refractivity contribution in [2.24, 2.45) is 5.16 Å². The van der Waals surface area contributed by atoms with E-state index in [2.05, 4.69) is 57.2 Å². The first kappa shape index (κ1) is 17.4. The van der Waals surface area contributed by atoms with Gasteiger partial charge in [-0.1, -0.05) is 82.6 Å². The van der Waals surface area contributed by atoms with E-state index in [9.17, 15) is 0 Å². The van der Waals surface area contributed by atoms with Crippen LogP contribution in [0.3, 0.4) is 0 Å². The Morgan fingerprint density at radius 3 is 2.64 bits per heavy atom. The van der Waals surface area contributed by atoms with Crippen molar-refractivity contribution in [3.8, 4) is 11.4 Å². The normalized spacial score (nSPS) is 11.4. The van der Waals surface area contributed by atoms with Crippen LogP contribution in [0.1, 0.15) is 36.8 Å². The second-order valence-corrected chi connectivity index (χ2v) is 6.67. The lowest BCUT2D eigenvalue weighted by Crippen LogP contribution is -1.90. The van der Waals surface area contributed by atoms with Crippen LogP contribution in [0, 0.1) is 0 Å². The van der Waals surface area contributed by atoms with Crippen LogP contribution in [0.5, 0.6) is 0 Å². The van der Waals surface area contributed by atoms with Gasteiger partial charge in [-0.25, -0.2) is 0 Å². The molecule has 2 aromatic carbocycles. The maximum atomic E-state index is 5.23. The van der Waals surface area contributed by atoms with E-state index in [1.165, 1.54) is 5.56 Å². The molecule has 0 bridgehead atoms. The summed E-state index contributed by atoms with van der Waals surface area (Å²) in [5.74, 6) is 1.42. The first-order chi connectivity index (χ1) is 12.1. The molecule has 0 spiro atoms. The summed E-state index contributed by atoms with van der Waals surface area (Å²) in [4.78, 5) is 9.56. The standard InChI is InChI=1S/C19H18BrN3O2/c1-13(2)14-7-9-15(10-8-14)19-22-18(25-23-19)12-24-21-11-16-5-3-4-6-17(16)20/h3-11,13H,12H2,1-2H3/b21-11-. The van der Waals surface area contributed by atoms with Gasteiger partial charge in [-0.2, -0.15) is 4.98 Å². The molecule has 3 aromatic rings. The van der Waals surface area contributed by atoms with Crippen LogP contribution in [-0.4, -0.2) is 16.4 Å². The summed E-state index contributed by atoms with van der Waals surface area (Å²) in [6.45, 7) is 4.44. The number of benzene rings is 2. The van der Waals surface area contributed by atoms with Gasteiger partial charge in [0.25, 0.3) is 5.89 Å². The molecule has 3 rings (SSSR count). The smallest absolute Gasteiger partial charge is 0.267 e. The summed E-state index contributed by atoms with van der Waals surface area (Å²) in [6, 6.07) is 15.9. The highest BCUT2D eigenvalue weighted by Crippen LogP contribution is 2.20. The molecule has 0 aliphatic carbocycles. The molecule has 128 valence electrons. The Balaban J connectivity index is 1.59. The van der Waals surface area contributed by atoms with Gasteiger partial charge < -0.3 is 9.36 Å². The second kappa shape index (κ2) is 8.07. The molecule has 0 saturated heterocycles. The Morgan fingerprint density at radius 2 is 1.92 bits per heavy atom. The monoisotopic (exact) mass is 399 g/mol. The molecule has 0 amide bonds. The van der Waals surface area contributed by atoms with Crippen molar-refractivity contribution in [1.29, 1.82) is 0 Å². The van der Waals surface area contributed by atoms with Crippen LogP contribution >= 0.6 is 15.9 Å². The van der Waals surface area contributed by atoms with Gasteiger partial charge in [0, 0.05) is 15.6 Å². The lowest BCUT2D eigenvalue weighted by molar-refractivity contribution is 0.107. The van der Waals surface area contributed by atoms with Gasteiger partial charge in [0.05, 0.1) is 6.21 Å². The first-order valence-corrected chi connectivity index (χ1v) is 8.75. The van der Waals surface area contributed by atoms with E-state index < -0.39 is 0 Å². The Hall–Kier alpha value is -2.47. The summed E-state index contributed by atoms with van der Waals surface area (Å²) in [7, 11) is 0. The third-order valence-electron chi connectivity index (χ3n) is 3.66. The van der Waals surface area contributed by atoms with E-state index in [0.717, 1.165) is 15.6 Å². The van der Waals surface area contributed by atoms with E-state index in [4.69, 9.17) is 9.36 Å². The number of nitrogens with zero attached hydrogens (tertiary/aromatic N) is 3. The van der Waals surface area contributed by atoms with Gasteiger partial charge in [-0.15, -0.1) is 0 Å². The highest BCUT2D eigenvalue weighted by molar-refractivity contribution is 9.10. The van der Waals surface area contributed by atoms with Gasteiger partial charge in [-0.05, 0) is 17.5 Å². The second-order valence-electron chi connectivity index (χ2n) is 5.82. The number of aromatic nitrogens is 2. The van der Waals surface area contributed by atoms with Crippen molar-refractivity contribution in [1.82, 2.24) is 10.1 Å².